The molecule has 1 N–H and O–H groups in total. The lowest BCUT2D eigenvalue weighted by Crippen LogP contribution is -2.24. The number of Topliss-reactive ketones (excluding diaryl/α,β-unsaturated/α-hetero) is 1. The molecule has 2 rings (SSSR count). The molecule has 1 aromatic heterocycles. The van der Waals surface area contributed by atoms with Crippen molar-refractivity contribution in [3.05, 3.63) is 42.5 Å². The summed E-state index contributed by atoms with van der Waals surface area (Å²) < 4.78 is 13.0. The lowest BCUT2D eigenvalue weighted by Gasteiger charge is -2.11. The number of carbonyl (C=O) groups excluding carboxylic acids is 2. The van der Waals surface area contributed by atoms with E-state index in [1.165, 1.54) is 14.0 Å². The number of hydrogen-bond donors (Lipinski definition) is 1. The van der Waals surface area contributed by atoms with E-state index in [9.17, 15) is 9.59 Å². The number of rotatable bonds is 12. The van der Waals surface area contributed by atoms with Crippen LogP contribution in [0.4, 0.5) is 0 Å². The average molecular weight is 373 g/mol. The lowest BCUT2D eigenvalue weighted by atomic mass is 10.1. The summed E-state index contributed by atoms with van der Waals surface area (Å²) >= 11 is 0. The van der Waals surface area contributed by atoms with Crippen LogP contribution in [-0.2, 0) is 11.3 Å². The minimum atomic E-state index is -0.0263. The van der Waals surface area contributed by atoms with E-state index in [0.717, 1.165) is 19.4 Å². The fraction of sp³-hybridized carbons (Fsp3) is 0.450. The highest BCUT2D eigenvalue weighted by atomic mass is 16.5. The van der Waals surface area contributed by atoms with E-state index >= 15 is 0 Å². The molecule has 1 heterocycles. The van der Waals surface area contributed by atoms with Crippen LogP contribution in [-0.4, -0.2) is 41.5 Å². The van der Waals surface area contributed by atoms with Crippen LogP contribution in [0.5, 0.6) is 11.5 Å². The normalized spacial score (nSPS) is 10.4. The molecule has 0 aliphatic rings. The maximum atomic E-state index is 11.8. The van der Waals surface area contributed by atoms with Gasteiger partial charge < -0.3 is 19.4 Å². The Bertz CT molecular complexity index is 729. The molecular formula is C20H27N3O4. The van der Waals surface area contributed by atoms with Gasteiger partial charge in [-0.1, -0.05) is 0 Å². The topological polar surface area (TPSA) is 82.5 Å². The highest BCUT2D eigenvalue weighted by Crippen LogP contribution is 2.28. The number of aromatic nitrogens is 2. The molecule has 1 aromatic carbocycles. The first-order valence-electron chi connectivity index (χ1n) is 9.14. The zero-order chi connectivity index (χ0) is 19.5. The molecule has 146 valence electrons. The fourth-order valence-corrected chi connectivity index (χ4v) is 2.58. The molecule has 0 bridgehead atoms. The molecule has 7 heteroatoms. The van der Waals surface area contributed by atoms with E-state index in [4.69, 9.17) is 9.47 Å². The van der Waals surface area contributed by atoms with Crippen LogP contribution in [0.1, 0.15) is 43.0 Å². The van der Waals surface area contributed by atoms with Gasteiger partial charge in [0, 0.05) is 37.5 Å². The Labute approximate surface area is 159 Å². The minimum absolute atomic E-state index is 0.0263. The Hall–Kier alpha value is -2.83. The molecule has 0 aliphatic carbocycles. The summed E-state index contributed by atoms with van der Waals surface area (Å²) in [4.78, 5) is 27.2. The van der Waals surface area contributed by atoms with Crippen molar-refractivity contribution in [1.29, 1.82) is 0 Å². The van der Waals surface area contributed by atoms with Gasteiger partial charge in [0.15, 0.2) is 17.3 Å². The Morgan fingerprint density at radius 1 is 1.19 bits per heavy atom. The van der Waals surface area contributed by atoms with Crippen molar-refractivity contribution in [3.63, 3.8) is 0 Å². The number of hydrogen-bond acceptors (Lipinski definition) is 5. The van der Waals surface area contributed by atoms with Crippen LogP contribution in [0.2, 0.25) is 0 Å². The van der Waals surface area contributed by atoms with E-state index in [0.29, 0.717) is 43.1 Å². The van der Waals surface area contributed by atoms with Gasteiger partial charge in [0.05, 0.1) is 20.0 Å². The molecule has 0 aliphatic heterocycles. The second-order valence-corrected chi connectivity index (χ2v) is 6.23. The summed E-state index contributed by atoms with van der Waals surface area (Å²) in [5, 5.41) is 2.92. The van der Waals surface area contributed by atoms with Crippen LogP contribution >= 0.6 is 0 Å². The molecule has 7 nitrogen and oxygen atoms in total. The summed E-state index contributed by atoms with van der Waals surface area (Å²) in [6.45, 7) is 3.50. The van der Waals surface area contributed by atoms with Gasteiger partial charge in [-0.2, -0.15) is 0 Å². The second kappa shape index (κ2) is 11.0. The summed E-state index contributed by atoms with van der Waals surface area (Å²) in [6, 6.07) is 5.08. The SMILES string of the molecule is COc1cc(C(C)=O)ccc1OCCCC(=O)NCCCCn1ccnc1. The van der Waals surface area contributed by atoms with Crippen LogP contribution in [0, 0.1) is 0 Å². The van der Waals surface area contributed by atoms with Crippen molar-refractivity contribution in [2.24, 2.45) is 0 Å². The van der Waals surface area contributed by atoms with Crippen molar-refractivity contribution < 1.29 is 19.1 Å². The molecule has 1 amide bonds. The van der Waals surface area contributed by atoms with Crippen LogP contribution in [0.3, 0.4) is 0 Å². The third-order valence-corrected chi connectivity index (χ3v) is 4.10. The summed E-state index contributed by atoms with van der Waals surface area (Å²) in [5.74, 6) is 1.09. The molecule has 0 spiro atoms. The second-order valence-electron chi connectivity index (χ2n) is 6.23. The Morgan fingerprint density at radius 3 is 2.74 bits per heavy atom. The van der Waals surface area contributed by atoms with E-state index < -0.39 is 0 Å². The molecular weight excluding hydrogens is 346 g/mol. The van der Waals surface area contributed by atoms with Crippen molar-refractivity contribution >= 4 is 11.7 Å². The maximum Gasteiger partial charge on any atom is 0.220 e. The van der Waals surface area contributed by atoms with Crippen molar-refractivity contribution in [2.75, 3.05) is 20.3 Å². The van der Waals surface area contributed by atoms with Gasteiger partial charge in [-0.15, -0.1) is 0 Å². The molecule has 2 aromatic rings. The van der Waals surface area contributed by atoms with Crippen molar-refractivity contribution in [3.8, 4) is 11.5 Å². The highest BCUT2D eigenvalue weighted by molar-refractivity contribution is 5.94. The average Bonchev–Trinajstić information content (AvgIpc) is 3.18. The van der Waals surface area contributed by atoms with Crippen LogP contribution in [0.15, 0.2) is 36.9 Å². The van der Waals surface area contributed by atoms with Gasteiger partial charge in [0.2, 0.25) is 5.91 Å². The molecule has 0 unspecified atom stereocenters. The molecule has 0 saturated heterocycles. The number of methoxy groups -OCH3 is 1. The zero-order valence-electron chi connectivity index (χ0n) is 15.9. The molecule has 0 atom stereocenters. The van der Waals surface area contributed by atoms with Gasteiger partial charge in [-0.05, 0) is 44.4 Å². The van der Waals surface area contributed by atoms with Gasteiger partial charge in [-0.3, -0.25) is 9.59 Å². The van der Waals surface area contributed by atoms with Crippen molar-refractivity contribution in [2.45, 2.75) is 39.2 Å². The quantitative estimate of drug-likeness (QED) is 0.457. The van der Waals surface area contributed by atoms with Crippen molar-refractivity contribution in [1.82, 2.24) is 14.9 Å². The lowest BCUT2D eigenvalue weighted by molar-refractivity contribution is -0.121. The largest absolute Gasteiger partial charge is 0.493 e. The Balaban J connectivity index is 1.59. The number of nitrogens with one attached hydrogen (secondary N) is 1. The van der Waals surface area contributed by atoms with E-state index in [-0.39, 0.29) is 11.7 Å². The predicted molar refractivity (Wildman–Crippen MR) is 102 cm³/mol. The summed E-state index contributed by atoms with van der Waals surface area (Å²) in [6.07, 6.45) is 8.43. The number of unbranched alkanes of at least 4 members (excludes halogenated alkanes) is 1. The Morgan fingerprint density at radius 2 is 2.04 bits per heavy atom. The minimum Gasteiger partial charge on any atom is -0.493 e. The summed E-state index contributed by atoms with van der Waals surface area (Å²) in [5.41, 5.74) is 0.576. The first-order valence-corrected chi connectivity index (χ1v) is 9.14. The first-order chi connectivity index (χ1) is 13.1. The number of carbonyl (C=O) groups is 2. The van der Waals surface area contributed by atoms with Gasteiger partial charge >= 0.3 is 0 Å². The standard InChI is InChI=1S/C20H27N3O4/c1-16(24)17-7-8-18(19(14-17)26-2)27-13-5-6-20(25)22-9-3-4-11-23-12-10-21-15-23/h7-8,10,12,14-15H,3-6,9,11,13H2,1-2H3,(H,22,25). The van der Waals surface area contributed by atoms with Crippen LogP contribution < -0.4 is 14.8 Å². The summed E-state index contributed by atoms with van der Waals surface area (Å²) in [7, 11) is 1.53. The predicted octanol–water partition coefficient (Wildman–Crippen LogP) is 2.85. The van der Waals surface area contributed by atoms with E-state index in [2.05, 4.69) is 10.3 Å². The molecule has 27 heavy (non-hydrogen) atoms. The number of ether oxygens (including phenoxy) is 2. The number of imidazole rings is 1. The zero-order valence-corrected chi connectivity index (χ0v) is 15.9. The monoisotopic (exact) mass is 373 g/mol. The highest BCUT2D eigenvalue weighted by Gasteiger charge is 2.09. The van der Waals surface area contributed by atoms with Gasteiger partial charge in [0.25, 0.3) is 0 Å². The third kappa shape index (κ3) is 7.13. The molecule has 0 radical (unpaired) electrons. The number of aryl methyl sites for hydroxylation is 1. The number of amides is 1. The van der Waals surface area contributed by atoms with E-state index in [1.807, 2.05) is 10.8 Å². The molecule has 0 fully saturated rings. The van der Waals surface area contributed by atoms with Gasteiger partial charge in [-0.25, -0.2) is 4.98 Å². The smallest absolute Gasteiger partial charge is 0.220 e. The van der Waals surface area contributed by atoms with Gasteiger partial charge in [0.1, 0.15) is 0 Å². The number of ketones is 1. The number of benzene rings is 1. The first kappa shape index (κ1) is 20.5. The van der Waals surface area contributed by atoms with E-state index in [1.54, 1.807) is 30.7 Å². The molecule has 0 saturated carbocycles. The maximum absolute atomic E-state index is 11.8. The van der Waals surface area contributed by atoms with Crippen LogP contribution in [0.25, 0.3) is 0 Å². The third-order valence-electron chi connectivity index (χ3n) is 4.10. The fourth-order valence-electron chi connectivity index (χ4n) is 2.58. The number of nitrogens with zero attached hydrogens (tertiary/aromatic N) is 2. The Kier molecular flexibility index (Phi) is 8.35.